The Morgan fingerprint density at radius 1 is 0.708 bits per heavy atom. The number of aromatic nitrogens is 2. The number of aryl methyl sites for hydroxylation is 2. The van der Waals surface area contributed by atoms with Gasteiger partial charge in [0.2, 0.25) is 0 Å². The summed E-state index contributed by atoms with van der Waals surface area (Å²) in [6.07, 6.45) is 3.88. The summed E-state index contributed by atoms with van der Waals surface area (Å²) in [6, 6.07) is 22.8. The number of hydrogen-bond acceptors (Lipinski definition) is 2. The average molecular weight is 314 g/mol. The zero-order valence-corrected chi connectivity index (χ0v) is 14.2. The first kappa shape index (κ1) is 16.1. The Morgan fingerprint density at radius 2 is 1.46 bits per heavy atom. The quantitative estimate of drug-likeness (QED) is 0.481. The normalized spacial score (nSPS) is 10.4. The summed E-state index contributed by atoms with van der Waals surface area (Å²) >= 11 is 0. The highest BCUT2D eigenvalue weighted by Crippen LogP contribution is 2.16. The molecule has 4 aromatic rings. The van der Waals surface area contributed by atoms with Gasteiger partial charge in [-0.05, 0) is 36.4 Å². The lowest BCUT2D eigenvalue weighted by Gasteiger charge is -2.01. The number of pyridine rings is 2. The molecule has 120 valence electrons. The molecule has 0 saturated heterocycles. The van der Waals surface area contributed by atoms with Crippen molar-refractivity contribution in [2.45, 2.75) is 26.7 Å². The molecule has 0 aliphatic rings. The Hall–Kier alpha value is -2.74. The molecule has 2 heterocycles. The molecule has 4 rings (SSSR count). The van der Waals surface area contributed by atoms with Gasteiger partial charge in [0.25, 0.3) is 0 Å². The molecule has 24 heavy (non-hydrogen) atoms. The van der Waals surface area contributed by atoms with Gasteiger partial charge < -0.3 is 0 Å². The van der Waals surface area contributed by atoms with Crippen molar-refractivity contribution < 1.29 is 0 Å². The highest BCUT2D eigenvalue weighted by Gasteiger charge is 1.97. The lowest BCUT2D eigenvalue weighted by atomic mass is 10.1. The van der Waals surface area contributed by atoms with E-state index in [-0.39, 0.29) is 0 Å². The Bertz CT molecular complexity index is 933. The second-order valence-corrected chi connectivity index (χ2v) is 5.68. The van der Waals surface area contributed by atoms with E-state index < -0.39 is 0 Å². The van der Waals surface area contributed by atoms with E-state index in [4.69, 9.17) is 0 Å². The minimum Gasteiger partial charge on any atom is -0.261 e. The van der Waals surface area contributed by atoms with Gasteiger partial charge in [-0.3, -0.25) is 9.97 Å². The van der Waals surface area contributed by atoms with Gasteiger partial charge in [0.05, 0.1) is 5.52 Å². The molecular weight excluding hydrogens is 292 g/mol. The Labute approximate surface area is 143 Å². The minimum atomic E-state index is 1.00. The summed E-state index contributed by atoms with van der Waals surface area (Å²) < 4.78 is 0. The van der Waals surface area contributed by atoms with Gasteiger partial charge in [0.1, 0.15) is 0 Å². The van der Waals surface area contributed by atoms with Gasteiger partial charge in [-0.2, -0.15) is 0 Å². The van der Waals surface area contributed by atoms with E-state index >= 15 is 0 Å². The van der Waals surface area contributed by atoms with Crippen LogP contribution in [0.25, 0.3) is 21.7 Å². The first-order valence-electron chi connectivity index (χ1n) is 8.49. The van der Waals surface area contributed by atoms with Gasteiger partial charge in [-0.1, -0.05) is 62.4 Å². The van der Waals surface area contributed by atoms with E-state index in [2.05, 4.69) is 78.4 Å². The van der Waals surface area contributed by atoms with Crippen LogP contribution >= 0.6 is 0 Å². The first-order chi connectivity index (χ1) is 11.8. The first-order valence-corrected chi connectivity index (χ1v) is 8.49. The number of rotatable bonds is 2. The van der Waals surface area contributed by atoms with Crippen LogP contribution in [0.3, 0.4) is 0 Å². The van der Waals surface area contributed by atoms with E-state index in [1.165, 1.54) is 21.9 Å². The Morgan fingerprint density at radius 3 is 2.25 bits per heavy atom. The molecule has 2 heteroatoms. The van der Waals surface area contributed by atoms with Crippen LogP contribution in [0.15, 0.2) is 72.9 Å². The van der Waals surface area contributed by atoms with E-state index in [0.29, 0.717) is 0 Å². The third kappa shape index (κ3) is 3.60. The third-order valence-electron chi connectivity index (χ3n) is 4.11. The number of benzene rings is 2. The number of hydrogen-bond donors (Lipinski definition) is 0. The van der Waals surface area contributed by atoms with Crippen LogP contribution in [0.1, 0.15) is 25.2 Å². The molecule has 0 unspecified atom stereocenters. The van der Waals surface area contributed by atoms with Crippen LogP contribution in [0, 0.1) is 0 Å². The van der Waals surface area contributed by atoms with Crippen LogP contribution in [0.5, 0.6) is 0 Å². The summed E-state index contributed by atoms with van der Waals surface area (Å²) in [6.45, 7) is 4.26. The fourth-order valence-electron chi connectivity index (χ4n) is 2.77. The molecule has 0 aliphatic carbocycles. The summed E-state index contributed by atoms with van der Waals surface area (Å²) in [5.74, 6) is 0. The zero-order valence-electron chi connectivity index (χ0n) is 14.2. The Kier molecular flexibility index (Phi) is 5.17. The number of para-hydroxylation sites is 1. The van der Waals surface area contributed by atoms with Crippen molar-refractivity contribution in [1.29, 1.82) is 0 Å². The number of nitrogens with zero attached hydrogens (tertiary/aromatic N) is 2. The highest BCUT2D eigenvalue weighted by atomic mass is 14.7. The van der Waals surface area contributed by atoms with Gasteiger partial charge in [0, 0.05) is 28.4 Å². The molecule has 0 atom stereocenters. The molecule has 2 nitrogen and oxygen atoms in total. The predicted octanol–water partition coefficient (Wildman–Crippen LogP) is 5.59. The summed E-state index contributed by atoms with van der Waals surface area (Å²) in [7, 11) is 0. The van der Waals surface area contributed by atoms with E-state index in [1.54, 1.807) is 0 Å². The van der Waals surface area contributed by atoms with Crippen molar-refractivity contribution in [2.24, 2.45) is 0 Å². The fourth-order valence-corrected chi connectivity index (χ4v) is 2.77. The van der Waals surface area contributed by atoms with Gasteiger partial charge in [-0.15, -0.1) is 0 Å². The fraction of sp³-hybridized carbons (Fsp3) is 0.182. The van der Waals surface area contributed by atoms with Gasteiger partial charge in [-0.25, -0.2) is 0 Å². The molecule has 0 spiro atoms. The summed E-state index contributed by atoms with van der Waals surface area (Å²) in [4.78, 5) is 8.82. The van der Waals surface area contributed by atoms with Crippen LogP contribution in [0.4, 0.5) is 0 Å². The smallest absolute Gasteiger partial charge is 0.0705 e. The van der Waals surface area contributed by atoms with Crippen molar-refractivity contribution in [3.05, 3.63) is 84.3 Å². The van der Waals surface area contributed by atoms with Crippen molar-refractivity contribution >= 4 is 21.7 Å². The second-order valence-electron chi connectivity index (χ2n) is 5.68. The maximum Gasteiger partial charge on any atom is 0.0705 e. The molecule has 0 saturated carbocycles. The maximum atomic E-state index is 4.49. The van der Waals surface area contributed by atoms with E-state index in [1.807, 2.05) is 18.3 Å². The van der Waals surface area contributed by atoms with Gasteiger partial charge >= 0.3 is 0 Å². The average Bonchev–Trinajstić information content (AvgIpc) is 2.67. The molecule has 0 amide bonds. The molecule has 2 aromatic carbocycles. The third-order valence-corrected chi connectivity index (χ3v) is 4.11. The van der Waals surface area contributed by atoms with Crippen molar-refractivity contribution in [2.75, 3.05) is 0 Å². The minimum absolute atomic E-state index is 1.00. The topological polar surface area (TPSA) is 25.8 Å². The van der Waals surface area contributed by atoms with Crippen LogP contribution in [0.2, 0.25) is 0 Å². The lowest BCUT2D eigenvalue weighted by molar-refractivity contribution is 1.06. The molecule has 0 bridgehead atoms. The van der Waals surface area contributed by atoms with Crippen molar-refractivity contribution in [3.63, 3.8) is 0 Å². The van der Waals surface area contributed by atoms with E-state index in [0.717, 1.165) is 24.1 Å². The molecular formula is C22H22N2. The Balaban J connectivity index is 0.000000141. The molecule has 0 aliphatic heterocycles. The molecule has 0 N–H and O–H groups in total. The molecule has 0 radical (unpaired) electrons. The van der Waals surface area contributed by atoms with E-state index in [9.17, 15) is 0 Å². The van der Waals surface area contributed by atoms with Crippen LogP contribution in [-0.4, -0.2) is 9.97 Å². The lowest BCUT2D eigenvalue weighted by Crippen LogP contribution is -1.87. The summed E-state index contributed by atoms with van der Waals surface area (Å²) in [5.41, 5.74) is 3.44. The van der Waals surface area contributed by atoms with Crippen molar-refractivity contribution in [1.82, 2.24) is 9.97 Å². The van der Waals surface area contributed by atoms with Crippen LogP contribution < -0.4 is 0 Å². The second kappa shape index (κ2) is 7.69. The van der Waals surface area contributed by atoms with Gasteiger partial charge in [0.15, 0.2) is 0 Å². The monoisotopic (exact) mass is 314 g/mol. The zero-order chi connectivity index (χ0) is 16.8. The molecule has 2 aromatic heterocycles. The highest BCUT2D eigenvalue weighted by molar-refractivity contribution is 5.84. The molecule has 0 fully saturated rings. The standard InChI is InChI=1S/2C11H11N/c1-2-11-10-6-4-3-5-9(10)7-8-12-11;1-2-10-8-7-9-5-3-4-6-11(9)12-10/h2*3-8H,2H2,1H3. The number of fused-ring (bicyclic) bond motifs is 2. The largest absolute Gasteiger partial charge is 0.261 e. The predicted molar refractivity (Wildman–Crippen MR) is 102 cm³/mol. The summed E-state index contributed by atoms with van der Waals surface area (Å²) in [5, 5.41) is 3.78. The maximum absolute atomic E-state index is 4.49. The van der Waals surface area contributed by atoms with Crippen molar-refractivity contribution in [3.8, 4) is 0 Å². The SMILES string of the molecule is CCc1ccc2ccccc2n1.CCc1nccc2ccccc12. The van der Waals surface area contributed by atoms with Crippen LogP contribution in [-0.2, 0) is 12.8 Å².